The van der Waals surface area contributed by atoms with E-state index in [0.29, 0.717) is 0 Å². The summed E-state index contributed by atoms with van der Waals surface area (Å²) >= 11 is 0. The normalized spacial score (nSPS) is 13.1. The highest BCUT2D eigenvalue weighted by atomic mass is 14.9. The van der Waals surface area contributed by atoms with E-state index >= 15 is 0 Å². The molecule has 1 N–H and O–H groups in total. The standard InChI is InChI=1S/C13H29N/c1-4-7-8-9-10-11-12-13(5-2)14-6-3/h13-14H,4-12H2,1-3H3. The Labute approximate surface area is 90.7 Å². The van der Waals surface area contributed by atoms with Crippen molar-refractivity contribution in [1.29, 1.82) is 0 Å². The van der Waals surface area contributed by atoms with E-state index in [2.05, 4.69) is 26.1 Å². The van der Waals surface area contributed by atoms with Gasteiger partial charge >= 0.3 is 0 Å². The fourth-order valence-electron chi connectivity index (χ4n) is 1.91. The summed E-state index contributed by atoms with van der Waals surface area (Å²) in [7, 11) is 0. The lowest BCUT2D eigenvalue weighted by atomic mass is 10.0. The fraction of sp³-hybridized carbons (Fsp3) is 1.00. The van der Waals surface area contributed by atoms with Crippen molar-refractivity contribution in [1.82, 2.24) is 5.32 Å². The minimum Gasteiger partial charge on any atom is -0.314 e. The van der Waals surface area contributed by atoms with E-state index in [0.717, 1.165) is 12.6 Å². The zero-order valence-electron chi connectivity index (χ0n) is 10.4. The summed E-state index contributed by atoms with van der Waals surface area (Å²) in [5.41, 5.74) is 0. The van der Waals surface area contributed by atoms with E-state index in [-0.39, 0.29) is 0 Å². The van der Waals surface area contributed by atoms with E-state index in [1.54, 1.807) is 0 Å². The molecule has 0 saturated heterocycles. The highest BCUT2D eigenvalue weighted by molar-refractivity contribution is 4.63. The molecular weight excluding hydrogens is 170 g/mol. The number of hydrogen-bond acceptors (Lipinski definition) is 1. The van der Waals surface area contributed by atoms with Crippen molar-refractivity contribution in [2.24, 2.45) is 0 Å². The molecule has 0 aliphatic rings. The largest absolute Gasteiger partial charge is 0.314 e. The Bertz CT molecular complexity index is 101. The van der Waals surface area contributed by atoms with Crippen molar-refractivity contribution in [3.8, 4) is 0 Å². The first-order valence-corrected chi connectivity index (χ1v) is 6.58. The van der Waals surface area contributed by atoms with Crippen molar-refractivity contribution < 1.29 is 0 Å². The molecular formula is C13H29N. The predicted octanol–water partition coefficient (Wildman–Crippen LogP) is 4.13. The number of nitrogens with one attached hydrogen (secondary N) is 1. The highest BCUT2D eigenvalue weighted by Crippen LogP contribution is 2.09. The van der Waals surface area contributed by atoms with Crippen LogP contribution in [0.25, 0.3) is 0 Å². The van der Waals surface area contributed by atoms with Crippen LogP contribution in [0.3, 0.4) is 0 Å². The van der Waals surface area contributed by atoms with Gasteiger partial charge in [0, 0.05) is 6.04 Å². The summed E-state index contributed by atoms with van der Waals surface area (Å²) in [5, 5.41) is 3.53. The van der Waals surface area contributed by atoms with Crippen LogP contribution < -0.4 is 5.32 Å². The Morgan fingerprint density at radius 1 is 0.857 bits per heavy atom. The molecule has 0 saturated carbocycles. The van der Waals surface area contributed by atoms with Crippen LogP contribution in [0.4, 0.5) is 0 Å². The molecule has 0 spiro atoms. The maximum atomic E-state index is 3.53. The summed E-state index contributed by atoms with van der Waals surface area (Å²) in [5.74, 6) is 0. The minimum absolute atomic E-state index is 0.770. The summed E-state index contributed by atoms with van der Waals surface area (Å²) in [6.45, 7) is 7.88. The molecule has 0 fully saturated rings. The van der Waals surface area contributed by atoms with Crippen molar-refractivity contribution in [2.45, 2.75) is 78.2 Å². The molecule has 0 rings (SSSR count). The fourth-order valence-corrected chi connectivity index (χ4v) is 1.91. The maximum Gasteiger partial charge on any atom is 0.00643 e. The molecule has 1 atom stereocenters. The lowest BCUT2D eigenvalue weighted by molar-refractivity contribution is 0.452. The third kappa shape index (κ3) is 8.55. The summed E-state index contributed by atoms with van der Waals surface area (Å²) < 4.78 is 0. The molecule has 1 heteroatoms. The van der Waals surface area contributed by atoms with Crippen LogP contribution in [-0.4, -0.2) is 12.6 Å². The zero-order valence-corrected chi connectivity index (χ0v) is 10.4. The summed E-state index contributed by atoms with van der Waals surface area (Å²) in [6, 6.07) is 0.770. The smallest absolute Gasteiger partial charge is 0.00643 e. The second-order valence-corrected chi connectivity index (χ2v) is 4.22. The third-order valence-corrected chi connectivity index (χ3v) is 2.89. The zero-order chi connectivity index (χ0) is 10.6. The quantitative estimate of drug-likeness (QED) is 0.522. The lowest BCUT2D eigenvalue weighted by Gasteiger charge is -2.15. The van der Waals surface area contributed by atoms with Gasteiger partial charge in [0.05, 0.1) is 0 Å². The molecule has 0 aliphatic heterocycles. The van der Waals surface area contributed by atoms with Crippen LogP contribution >= 0.6 is 0 Å². The Morgan fingerprint density at radius 2 is 1.50 bits per heavy atom. The van der Waals surface area contributed by atoms with Crippen molar-refractivity contribution in [3.63, 3.8) is 0 Å². The van der Waals surface area contributed by atoms with Gasteiger partial charge in [0.15, 0.2) is 0 Å². The lowest BCUT2D eigenvalue weighted by Crippen LogP contribution is -2.27. The summed E-state index contributed by atoms with van der Waals surface area (Å²) in [6.07, 6.45) is 11.2. The van der Waals surface area contributed by atoms with Gasteiger partial charge in [0.25, 0.3) is 0 Å². The van der Waals surface area contributed by atoms with Crippen LogP contribution in [-0.2, 0) is 0 Å². The Morgan fingerprint density at radius 3 is 2.07 bits per heavy atom. The van der Waals surface area contributed by atoms with Gasteiger partial charge in [-0.1, -0.05) is 59.3 Å². The Hall–Kier alpha value is -0.0400. The number of unbranched alkanes of at least 4 members (excludes halogenated alkanes) is 5. The molecule has 0 radical (unpaired) electrons. The average Bonchev–Trinajstić information content (AvgIpc) is 2.21. The average molecular weight is 199 g/mol. The molecule has 0 aromatic heterocycles. The SMILES string of the molecule is CCCCCCCCC(CC)NCC. The minimum atomic E-state index is 0.770. The van der Waals surface area contributed by atoms with Gasteiger partial charge in [-0.25, -0.2) is 0 Å². The monoisotopic (exact) mass is 199 g/mol. The van der Waals surface area contributed by atoms with Crippen molar-refractivity contribution in [3.05, 3.63) is 0 Å². The van der Waals surface area contributed by atoms with E-state index in [1.807, 2.05) is 0 Å². The second kappa shape index (κ2) is 11.0. The van der Waals surface area contributed by atoms with Crippen LogP contribution in [0, 0.1) is 0 Å². The van der Waals surface area contributed by atoms with E-state index < -0.39 is 0 Å². The Kier molecular flexibility index (Phi) is 11.0. The van der Waals surface area contributed by atoms with Gasteiger partial charge in [-0.15, -0.1) is 0 Å². The maximum absolute atomic E-state index is 3.53. The predicted molar refractivity (Wildman–Crippen MR) is 65.7 cm³/mol. The van der Waals surface area contributed by atoms with Crippen molar-refractivity contribution >= 4 is 0 Å². The molecule has 14 heavy (non-hydrogen) atoms. The van der Waals surface area contributed by atoms with Gasteiger partial charge in [-0.05, 0) is 19.4 Å². The first-order chi connectivity index (χ1) is 6.85. The molecule has 0 heterocycles. The molecule has 0 aromatic rings. The van der Waals surface area contributed by atoms with E-state index in [1.165, 1.54) is 51.4 Å². The van der Waals surface area contributed by atoms with Crippen LogP contribution in [0.1, 0.15) is 72.1 Å². The second-order valence-electron chi connectivity index (χ2n) is 4.22. The molecule has 86 valence electrons. The molecule has 0 bridgehead atoms. The molecule has 1 nitrogen and oxygen atoms in total. The first kappa shape index (κ1) is 14.0. The molecule has 0 amide bonds. The Balaban J connectivity index is 3.15. The number of hydrogen-bond donors (Lipinski definition) is 1. The van der Waals surface area contributed by atoms with E-state index in [9.17, 15) is 0 Å². The van der Waals surface area contributed by atoms with Gasteiger partial charge in [-0.2, -0.15) is 0 Å². The van der Waals surface area contributed by atoms with Gasteiger partial charge in [-0.3, -0.25) is 0 Å². The van der Waals surface area contributed by atoms with Crippen LogP contribution in [0.2, 0.25) is 0 Å². The molecule has 0 aliphatic carbocycles. The summed E-state index contributed by atoms with van der Waals surface area (Å²) in [4.78, 5) is 0. The topological polar surface area (TPSA) is 12.0 Å². The first-order valence-electron chi connectivity index (χ1n) is 6.58. The van der Waals surface area contributed by atoms with Gasteiger partial charge in [0.2, 0.25) is 0 Å². The number of rotatable bonds is 10. The van der Waals surface area contributed by atoms with Crippen LogP contribution in [0.15, 0.2) is 0 Å². The van der Waals surface area contributed by atoms with Crippen molar-refractivity contribution in [2.75, 3.05) is 6.54 Å². The molecule has 1 unspecified atom stereocenters. The van der Waals surface area contributed by atoms with E-state index in [4.69, 9.17) is 0 Å². The third-order valence-electron chi connectivity index (χ3n) is 2.89. The molecule has 0 aromatic carbocycles. The van der Waals surface area contributed by atoms with Crippen LogP contribution in [0.5, 0.6) is 0 Å². The van der Waals surface area contributed by atoms with Gasteiger partial charge in [0.1, 0.15) is 0 Å². The van der Waals surface area contributed by atoms with Gasteiger partial charge < -0.3 is 5.32 Å². The highest BCUT2D eigenvalue weighted by Gasteiger charge is 2.02.